The SMILES string of the molecule is O=C([O-])CCc1ccc(-c2ccc(F)cc2)n1CC(=O)[O-]. The predicted molar refractivity (Wildman–Crippen MR) is 68.2 cm³/mol. The van der Waals surface area contributed by atoms with Gasteiger partial charge in [0.15, 0.2) is 0 Å². The molecule has 0 aliphatic rings. The fraction of sp³-hybridized carbons (Fsp3) is 0.200. The van der Waals surface area contributed by atoms with Gasteiger partial charge < -0.3 is 24.4 Å². The number of halogens is 1. The van der Waals surface area contributed by atoms with Gasteiger partial charge in [0.2, 0.25) is 0 Å². The number of aliphatic carboxylic acids is 2. The third-order valence-electron chi connectivity index (χ3n) is 3.08. The van der Waals surface area contributed by atoms with Crippen molar-refractivity contribution >= 4 is 11.9 Å². The highest BCUT2D eigenvalue weighted by molar-refractivity contribution is 5.68. The van der Waals surface area contributed by atoms with Crippen LogP contribution in [0.5, 0.6) is 0 Å². The summed E-state index contributed by atoms with van der Waals surface area (Å²) in [5, 5.41) is 21.4. The first-order valence-corrected chi connectivity index (χ1v) is 6.31. The molecule has 0 fully saturated rings. The molecule has 0 spiro atoms. The summed E-state index contributed by atoms with van der Waals surface area (Å²) in [5.41, 5.74) is 1.74. The first-order valence-electron chi connectivity index (χ1n) is 6.31. The Bertz CT molecular complexity index is 661. The average molecular weight is 289 g/mol. The van der Waals surface area contributed by atoms with Gasteiger partial charge in [-0.3, -0.25) is 0 Å². The molecule has 1 aromatic heterocycles. The van der Waals surface area contributed by atoms with E-state index in [1.807, 2.05) is 0 Å². The van der Waals surface area contributed by atoms with Crippen LogP contribution in [0.15, 0.2) is 36.4 Å². The largest absolute Gasteiger partial charge is 0.550 e. The number of rotatable bonds is 6. The van der Waals surface area contributed by atoms with Gasteiger partial charge in [-0.1, -0.05) is 0 Å². The minimum atomic E-state index is -1.29. The van der Waals surface area contributed by atoms with Crippen molar-refractivity contribution in [3.05, 3.63) is 47.9 Å². The van der Waals surface area contributed by atoms with Crippen LogP contribution in [0, 0.1) is 5.82 Å². The lowest BCUT2D eigenvalue weighted by Gasteiger charge is -2.14. The molecule has 6 heteroatoms. The van der Waals surface area contributed by atoms with Gasteiger partial charge in [0.25, 0.3) is 0 Å². The second-order valence-corrected chi connectivity index (χ2v) is 4.55. The molecule has 0 aliphatic carbocycles. The summed E-state index contributed by atoms with van der Waals surface area (Å²) < 4.78 is 14.4. The molecular weight excluding hydrogens is 277 g/mol. The first-order chi connectivity index (χ1) is 9.97. The molecular formula is C15H12FNO4-2. The molecule has 5 nitrogen and oxygen atoms in total. The van der Waals surface area contributed by atoms with E-state index in [0.717, 1.165) is 0 Å². The van der Waals surface area contributed by atoms with E-state index in [2.05, 4.69) is 0 Å². The van der Waals surface area contributed by atoms with Crippen LogP contribution in [0.1, 0.15) is 12.1 Å². The van der Waals surface area contributed by atoms with Gasteiger partial charge in [0.1, 0.15) is 5.82 Å². The molecule has 0 saturated carbocycles. The van der Waals surface area contributed by atoms with E-state index in [4.69, 9.17) is 0 Å². The third kappa shape index (κ3) is 3.68. The zero-order chi connectivity index (χ0) is 15.4. The summed E-state index contributed by atoms with van der Waals surface area (Å²) in [5.74, 6) is -2.89. The first kappa shape index (κ1) is 14.8. The van der Waals surface area contributed by atoms with Gasteiger partial charge in [-0.2, -0.15) is 0 Å². The lowest BCUT2D eigenvalue weighted by atomic mass is 10.1. The van der Waals surface area contributed by atoms with E-state index in [1.165, 1.54) is 28.8 Å². The van der Waals surface area contributed by atoms with E-state index in [1.54, 1.807) is 12.1 Å². The lowest BCUT2D eigenvalue weighted by molar-refractivity contribution is -0.307. The Morgan fingerprint density at radius 1 is 1.00 bits per heavy atom. The highest BCUT2D eigenvalue weighted by Gasteiger charge is 2.10. The molecule has 2 aromatic rings. The van der Waals surface area contributed by atoms with Crippen molar-refractivity contribution in [3.8, 4) is 11.3 Å². The van der Waals surface area contributed by atoms with Crippen LogP contribution in [-0.2, 0) is 22.6 Å². The van der Waals surface area contributed by atoms with Gasteiger partial charge in [-0.25, -0.2) is 4.39 Å². The lowest BCUT2D eigenvalue weighted by Crippen LogP contribution is -2.29. The van der Waals surface area contributed by atoms with E-state index in [-0.39, 0.29) is 12.8 Å². The molecule has 0 radical (unpaired) electrons. The van der Waals surface area contributed by atoms with Gasteiger partial charge >= 0.3 is 0 Å². The minimum Gasteiger partial charge on any atom is -0.550 e. The number of carbonyl (C=O) groups excluding carboxylic acids is 2. The number of carboxylic acid groups (broad SMARTS) is 2. The summed E-state index contributed by atoms with van der Waals surface area (Å²) in [6.45, 7) is -0.401. The van der Waals surface area contributed by atoms with Crippen molar-refractivity contribution in [1.82, 2.24) is 4.57 Å². The van der Waals surface area contributed by atoms with Gasteiger partial charge in [0, 0.05) is 17.4 Å². The Balaban J connectivity index is 2.38. The summed E-state index contributed by atoms with van der Waals surface area (Å²) in [4.78, 5) is 21.4. The molecule has 1 heterocycles. The molecule has 0 bridgehead atoms. The van der Waals surface area contributed by atoms with Crippen LogP contribution >= 0.6 is 0 Å². The highest BCUT2D eigenvalue weighted by Crippen LogP contribution is 2.23. The fourth-order valence-corrected chi connectivity index (χ4v) is 2.15. The van der Waals surface area contributed by atoms with Gasteiger partial charge in [-0.15, -0.1) is 0 Å². The molecule has 0 atom stereocenters. The fourth-order valence-electron chi connectivity index (χ4n) is 2.15. The maximum absolute atomic E-state index is 12.9. The second-order valence-electron chi connectivity index (χ2n) is 4.55. The van der Waals surface area contributed by atoms with Crippen molar-refractivity contribution in [1.29, 1.82) is 0 Å². The summed E-state index contributed by atoms with van der Waals surface area (Å²) in [6.07, 6.45) is -0.0588. The van der Waals surface area contributed by atoms with Crippen molar-refractivity contribution < 1.29 is 24.2 Å². The van der Waals surface area contributed by atoms with Crippen molar-refractivity contribution in [2.45, 2.75) is 19.4 Å². The molecule has 1 aromatic carbocycles. The number of aryl methyl sites for hydroxylation is 1. The second kappa shape index (κ2) is 6.21. The Morgan fingerprint density at radius 3 is 2.24 bits per heavy atom. The normalized spacial score (nSPS) is 10.5. The zero-order valence-electron chi connectivity index (χ0n) is 11.0. The van der Waals surface area contributed by atoms with Crippen molar-refractivity contribution in [2.24, 2.45) is 0 Å². The molecule has 110 valence electrons. The number of nitrogens with zero attached hydrogens (tertiary/aromatic N) is 1. The van der Waals surface area contributed by atoms with Gasteiger partial charge in [0.05, 0.1) is 12.5 Å². The number of hydrogen-bond acceptors (Lipinski definition) is 4. The third-order valence-corrected chi connectivity index (χ3v) is 3.08. The van der Waals surface area contributed by atoms with E-state index in [9.17, 15) is 24.2 Å². The predicted octanol–water partition coefficient (Wildman–Crippen LogP) is -0.273. The smallest absolute Gasteiger partial charge is 0.123 e. The summed E-state index contributed by atoms with van der Waals surface area (Å²) in [6, 6.07) is 8.91. The Labute approximate surface area is 120 Å². The van der Waals surface area contributed by atoms with Gasteiger partial charge in [-0.05, 0) is 54.8 Å². The summed E-state index contributed by atoms with van der Waals surface area (Å²) in [7, 11) is 0. The number of hydrogen-bond donors (Lipinski definition) is 0. The Kier molecular flexibility index (Phi) is 4.37. The number of carbonyl (C=O) groups is 2. The highest BCUT2D eigenvalue weighted by atomic mass is 19.1. The van der Waals surface area contributed by atoms with Crippen LogP contribution in [-0.4, -0.2) is 16.5 Å². The Morgan fingerprint density at radius 2 is 1.67 bits per heavy atom. The quantitative estimate of drug-likeness (QED) is 0.732. The summed E-state index contributed by atoms with van der Waals surface area (Å²) >= 11 is 0. The molecule has 21 heavy (non-hydrogen) atoms. The molecule has 0 unspecified atom stereocenters. The average Bonchev–Trinajstić information content (AvgIpc) is 2.79. The minimum absolute atomic E-state index is 0.150. The van der Waals surface area contributed by atoms with E-state index < -0.39 is 24.3 Å². The zero-order valence-corrected chi connectivity index (χ0v) is 11.0. The van der Waals surface area contributed by atoms with Crippen LogP contribution in [0.25, 0.3) is 11.3 Å². The van der Waals surface area contributed by atoms with Crippen molar-refractivity contribution in [2.75, 3.05) is 0 Å². The van der Waals surface area contributed by atoms with Crippen LogP contribution in [0.4, 0.5) is 4.39 Å². The molecule has 2 rings (SSSR count). The molecule has 0 saturated heterocycles. The number of carboxylic acids is 2. The van der Waals surface area contributed by atoms with E-state index >= 15 is 0 Å². The van der Waals surface area contributed by atoms with Crippen LogP contribution < -0.4 is 10.2 Å². The number of benzene rings is 1. The maximum atomic E-state index is 12.9. The maximum Gasteiger partial charge on any atom is 0.123 e. The molecule has 0 amide bonds. The molecule has 0 aliphatic heterocycles. The van der Waals surface area contributed by atoms with Crippen molar-refractivity contribution in [3.63, 3.8) is 0 Å². The Hall–Kier alpha value is -2.63. The van der Waals surface area contributed by atoms with Crippen LogP contribution in [0.3, 0.4) is 0 Å². The van der Waals surface area contributed by atoms with E-state index in [0.29, 0.717) is 17.0 Å². The standard InChI is InChI=1S/C15H14FNO4/c16-11-3-1-10(2-4-11)13-7-5-12(6-8-14(18)19)17(13)9-15(20)21/h1-5,7H,6,8-9H2,(H,18,19)(H,20,21)/p-2. The monoisotopic (exact) mass is 289 g/mol. The molecule has 0 N–H and O–H groups in total. The van der Waals surface area contributed by atoms with Crippen LogP contribution in [0.2, 0.25) is 0 Å². The topological polar surface area (TPSA) is 85.2 Å². The number of aromatic nitrogens is 1.